The SMILES string of the molecule is O=S(=O)([O-])C(F)(F)F.O=S(=O)([O-])C(F)(F)F.O=S(=O)([O-])C(F)(F)F.O=S(=O)([O-])C(F)(F)F.O=S(=O)([O-])C(F)(F)F.O=S(=O)([O-])C(F)(F)F.[Mo]. The van der Waals surface area contributed by atoms with Crippen LogP contribution in [0.2, 0.25) is 0 Å². The van der Waals surface area contributed by atoms with Gasteiger partial charge in [-0.25, -0.2) is 50.5 Å². The van der Waals surface area contributed by atoms with Crippen molar-refractivity contribution in [2.45, 2.75) is 33.0 Å². The van der Waals surface area contributed by atoms with Crippen LogP contribution in [-0.2, 0) is 81.8 Å². The minimum atomic E-state index is -6.09. The summed E-state index contributed by atoms with van der Waals surface area (Å²) in [6, 6.07) is 0. The third-order valence-corrected chi connectivity index (χ3v) is 5.10. The average molecular weight is 990 g/mol. The molecular weight excluding hydrogens is 990 g/mol. The zero-order valence-electron chi connectivity index (χ0n) is 20.0. The number of hydrogen-bond donors (Lipinski definition) is 0. The molecule has 0 radical (unpaired) electrons. The van der Waals surface area contributed by atoms with Gasteiger partial charge in [0.1, 0.15) is 0 Å². The Labute approximate surface area is 271 Å². The molecule has 306 valence electrons. The van der Waals surface area contributed by atoms with Crippen molar-refractivity contribution < 1.29 is 178 Å². The first-order valence-electron chi connectivity index (χ1n) is 7.63. The van der Waals surface area contributed by atoms with Crippen molar-refractivity contribution in [3.05, 3.63) is 0 Å². The summed E-state index contributed by atoms with van der Waals surface area (Å²) in [4.78, 5) is 0. The largest absolute Gasteiger partial charge is 0.741 e. The van der Waals surface area contributed by atoms with Gasteiger partial charge in [-0.2, -0.15) is 79.0 Å². The molecule has 0 aromatic rings. The van der Waals surface area contributed by atoms with Gasteiger partial charge in [-0.15, -0.1) is 0 Å². The van der Waals surface area contributed by atoms with Crippen molar-refractivity contribution >= 4 is 60.7 Å². The van der Waals surface area contributed by atoms with Gasteiger partial charge in [0.05, 0.1) is 0 Å². The monoisotopic (exact) mass is 992 g/mol. The van der Waals surface area contributed by atoms with E-state index in [0.29, 0.717) is 0 Å². The molecule has 0 fully saturated rings. The third kappa shape index (κ3) is 33.8. The predicted molar refractivity (Wildman–Crippen MR) is 94.5 cm³/mol. The van der Waals surface area contributed by atoms with E-state index in [9.17, 15) is 79.0 Å². The Hall–Kier alpha value is -1.11. The standard InChI is InChI=1S/6CHF3O3S.Mo/c6*2-1(3,4)8(5,6)7;/h6*(H,5,6,7);/p-6. The molecule has 0 bridgehead atoms. The van der Waals surface area contributed by atoms with E-state index < -0.39 is 93.8 Å². The first-order chi connectivity index (χ1) is 19.5. The van der Waals surface area contributed by atoms with Crippen LogP contribution < -0.4 is 0 Å². The molecule has 0 aliphatic rings. The van der Waals surface area contributed by atoms with E-state index in [4.69, 9.17) is 77.8 Å². The molecule has 43 heteroatoms. The minimum absolute atomic E-state index is 0. The molecule has 0 aliphatic heterocycles. The van der Waals surface area contributed by atoms with Gasteiger partial charge in [0.25, 0.3) is 0 Å². The summed E-state index contributed by atoms with van der Waals surface area (Å²) in [5.41, 5.74) is -33.9. The molecule has 0 spiro atoms. The smallest absolute Gasteiger partial charge is 0.485 e. The van der Waals surface area contributed by atoms with Crippen LogP contribution in [0, 0.1) is 0 Å². The second kappa shape index (κ2) is 19.6. The van der Waals surface area contributed by atoms with E-state index in [1.54, 1.807) is 0 Å². The number of alkyl halides is 18. The molecule has 0 saturated carbocycles. The molecule has 0 aromatic heterocycles. The number of halogens is 18. The van der Waals surface area contributed by atoms with Gasteiger partial charge in [-0.05, 0) is 0 Å². The Morgan fingerprint density at radius 3 is 0.245 bits per heavy atom. The van der Waals surface area contributed by atoms with Crippen LogP contribution in [0.1, 0.15) is 0 Å². The fraction of sp³-hybridized carbons (Fsp3) is 1.00. The molecule has 0 rings (SSSR count). The molecule has 0 aliphatic carbocycles. The van der Waals surface area contributed by atoms with Gasteiger partial charge in [0, 0.05) is 21.1 Å². The van der Waals surface area contributed by atoms with Crippen molar-refractivity contribution in [1.29, 1.82) is 0 Å². The quantitative estimate of drug-likeness (QED) is 0.136. The molecule has 49 heavy (non-hydrogen) atoms. The molecule has 0 atom stereocenters. The Kier molecular flexibility index (Phi) is 25.3. The van der Waals surface area contributed by atoms with Crippen LogP contribution in [0.4, 0.5) is 79.0 Å². The van der Waals surface area contributed by atoms with Gasteiger partial charge in [-0.3, -0.25) is 0 Å². The van der Waals surface area contributed by atoms with Gasteiger partial charge in [0.15, 0.2) is 60.7 Å². The zero-order valence-corrected chi connectivity index (χ0v) is 26.9. The second-order valence-electron chi connectivity index (χ2n) is 5.40. The van der Waals surface area contributed by atoms with Gasteiger partial charge in [0.2, 0.25) is 0 Å². The Morgan fingerprint density at radius 2 is 0.245 bits per heavy atom. The molecule has 0 aromatic carbocycles. The fourth-order valence-corrected chi connectivity index (χ4v) is 0. The van der Waals surface area contributed by atoms with Gasteiger partial charge in [-0.1, -0.05) is 0 Å². The molecule has 18 nitrogen and oxygen atoms in total. The molecule has 0 unspecified atom stereocenters. The summed E-state index contributed by atoms with van der Waals surface area (Å²) >= 11 is 0. The van der Waals surface area contributed by atoms with Crippen molar-refractivity contribution in [2.75, 3.05) is 0 Å². The van der Waals surface area contributed by atoms with E-state index in [1.807, 2.05) is 0 Å². The Balaban J connectivity index is -0.0000000860. The number of rotatable bonds is 0. The van der Waals surface area contributed by atoms with Crippen molar-refractivity contribution in [2.24, 2.45) is 0 Å². The fourth-order valence-electron chi connectivity index (χ4n) is 0. The average Bonchev–Trinajstić information content (AvgIpc) is 2.60. The molecular formula is C6F18MoO18S6-6. The van der Waals surface area contributed by atoms with Crippen molar-refractivity contribution in [3.8, 4) is 0 Å². The summed E-state index contributed by atoms with van der Waals surface area (Å²) in [7, 11) is -36.5. The van der Waals surface area contributed by atoms with E-state index in [0.717, 1.165) is 0 Å². The molecule has 0 heterocycles. The summed E-state index contributed by atoms with van der Waals surface area (Å²) in [5.74, 6) is 0. The third-order valence-electron chi connectivity index (χ3n) is 1.70. The topological polar surface area (TPSA) is 343 Å². The predicted octanol–water partition coefficient (Wildman–Crippen LogP) is 0.306. The van der Waals surface area contributed by atoms with E-state index in [1.165, 1.54) is 0 Å². The Morgan fingerprint density at radius 1 is 0.224 bits per heavy atom. The van der Waals surface area contributed by atoms with E-state index in [-0.39, 0.29) is 21.1 Å². The zero-order chi connectivity index (χ0) is 42.0. The summed E-state index contributed by atoms with van der Waals surface area (Å²) in [6.07, 6.45) is 0. The van der Waals surface area contributed by atoms with Crippen LogP contribution in [0.5, 0.6) is 0 Å². The van der Waals surface area contributed by atoms with E-state index in [2.05, 4.69) is 0 Å². The maximum absolute atomic E-state index is 10.7. The van der Waals surface area contributed by atoms with Crippen molar-refractivity contribution in [1.82, 2.24) is 0 Å². The normalized spacial score (nSPS) is 13.7. The summed E-state index contributed by atoms with van der Waals surface area (Å²) in [5, 5.41) is 0. The van der Waals surface area contributed by atoms with Gasteiger partial charge >= 0.3 is 33.0 Å². The summed E-state index contributed by atoms with van der Waals surface area (Å²) in [6.45, 7) is 0. The molecule has 0 amide bonds. The molecule has 0 saturated heterocycles. The first kappa shape index (κ1) is 63.0. The van der Waals surface area contributed by atoms with Crippen LogP contribution in [-0.4, -0.2) is 111 Å². The van der Waals surface area contributed by atoms with Crippen LogP contribution in [0.15, 0.2) is 0 Å². The number of hydrogen-bond acceptors (Lipinski definition) is 18. The van der Waals surface area contributed by atoms with Gasteiger partial charge < -0.3 is 27.3 Å². The van der Waals surface area contributed by atoms with Crippen LogP contribution in [0.3, 0.4) is 0 Å². The first-order valence-corrected chi connectivity index (χ1v) is 16.1. The summed E-state index contributed by atoms with van der Waals surface area (Å²) < 4.78 is 353. The minimum Gasteiger partial charge on any atom is -0.741 e. The molecule has 0 N–H and O–H groups in total. The Bertz CT molecular complexity index is 1310. The maximum Gasteiger partial charge on any atom is 0.485 e. The van der Waals surface area contributed by atoms with Crippen molar-refractivity contribution in [3.63, 3.8) is 0 Å². The van der Waals surface area contributed by atoms with Crippen LogP contribution >= 0.6 is 0 Å². The second-order valence-corrected chi connectivity index (χ2v) is 13.6. The maximum atomic E-state index is 10.7. The van der Waals surface area contributed by atoms with Crippen LogP contribution in [0.25, 0.3) is 0 Å². The van der Waals surface area contributed by atoms with E-state index >= 15 is 0 Å².